The van der Waals surface area contributed by atoms with Crippen LogP contribution in [0, 0.1) is 23.7 Å². The molecule has 0 radical (unpaired) electrons. The summed E-state index contributed by atoms with van der Waals surface area (Å²) in [7, 11) is 0. The lowest BCUT2D eigenvalue weighted by molar-refractivity contribution is -0.0907. The summed E-state index contributed by atoms with van der Waals surface area (Å²) in [4.78, 5) is 10.0. The summed E-state index contributed by atoms with van der Waals surface area (Å²) in [5.74, 6) is 2.82. The SMILES string of the molecule is CCCCCCCCCc1ccc(-c2ccc(C(OC(c3ccc(-c4ccc(CCCCCCCCC)cn4)cc3)C3CCC(CCCCCC)CC3)C3CCC(CCCCCC)CC3)cc2)nc1. The summed E-state index contributed by atoms with van der Waals surface area (Å²) in [5, 5.41) is 0. The van der Waals surface area contributed by atoms with Crippen molar-refractivity contribution in [2.24, 2.45) is 23.7 Å². The van der Waals surface area contributed by atoms with Crippen LogP contribution in [0.25, 0.3) is 22.5 Å². The molecular weight excluding hydrogens is 837 g/mol. The van der Waals surface area contributed by atoms with Gasteiger partial charge >= 0.3 is 0 Å². The molecule has 0 aliphatic heterocycles. The average Bonchev–Trinajstić information content (AvgIpc) is 3.40. The molecule has 3 heteroatoms. The van der Waals surface area contributed by atoms with E-state index in [-0.39, 0.29) is 12.2 Å². The molecule has 69 heavy (non-hydrogen) atoms. The molecule has 2 heterocycles. The zero-order valence-corrected chi connectivity index (χ0v) is 44.9. The van der Waals surface area contributed by atoms with Crippen LogP contribution in [0.1, 0.15) is 268 Å². The molecule has 380 valence electrons. The summed E-state index contributed by atoms with van der Waals surface area (Å²) < 4.78 is 7.84. The van der Waals surface area contributed by atoms with Crippen LogP contribution in [0.5, 0.6) is 0 Å². The number of hydrogen-bond donors (Lipinski definition) is 0. The van der Waals surface area contributed by atoms with Crippen LogP contribution in [-0.2, 0) is 17.6 Å². The first kappa shape index (κ1) is 55.0. The van der Waals surface area contributed by atoms with Crippen LogP contribution in [0.15, 0.2) is 85.2 Å². The highest BCUT2D eigenvalue weighted by atomic mass is 16.5. The summed E-state index contributed by atoms with van der Waals surface area (Å²) in [6.45, 7) is 9.26. The second-order valence-corrected chi connectivity index (χ2v) is 22.3. The molecular formula is C66H100N2O. The molecule has 2 saturated carbocycles. The topological polar surface area (TPSA) is 35.0 Å². The number of hydrogen-bond acceptors (Lipinski definition) is 3. The first-order valence-corrected chi connectivity index (χ1v) is 29.8. The Morgan fingerprint density at radius 2 is 0.710 bits per heavy atom. The van der Waals surface area contributed by atoms with E-state index in [2.05, 4.69) is 113 Å². The fourth-order valence-electron chi connectivity index (χ4n) is 12.1. The van der Waals surface area contributed by atoms with Gasteiger partial charge in [-0.2, -0.15) is 0 Å². The van der Waals surface area contributed by atoms with E-state index < -0.39 is 0 Å². The smallest absolute Gasteiger partial charge is 0.0861 e. The molecule has 2 unspecified atom stereocenters. The zero-order chi connectivity index (χ0) is 48.1. The van der Waals surface area contributed by atoms with Gasteiger partial charge in [0.15, 0.2) is 0 Å². The van der Waals surface area contributed by atoms with Crippen LogP contribution >= 0.6 is 0 Å². The van der Waals surface area contributed by atoms with Crippen LogP contribution in [0.2, 0.25) is 0 Å². The summed E-state index contributed by atoms with van der Waals surface area (Å²) in [6.07, 6.45) is 49.8. The minimum Gasteiger partial charge on any atom is -0.365 e. The highest BCUT2D eigenvalue weighted by molar-refractivity contribution is 5.60. The van der Waals surface area contributed by atoms with E-state index in [0.717, 1.165) is 36.1 Å². The number of ether oxygens (including phenoxy) is 1. The third-order valence-corrected chi connectivity index (χ3v) is 16.7. The maximum atomic E-state index is 7.84. The molecule has 2 aliphatic rings. The monoisotopic (exact) mass is 937 g/mol. The van der Waals surface area contributed by atoms with Crippen LogP contribution in [0.3, 0.4) is 0 Å². The lowest BCUT2D eigenvalue weighted by Crippen LogP contribution is -2.28. The van der Waals surface area contributed by atoms with Gasteiger partial charge < -0.3 is 4.74 Å². The largest absolute Gasteiger partial charge is 0.365 e. The summed E-state index contributed by atoms with van der Waals surface area (Å²) in [5.41, 5.74) is 10.0. The average molecular weight is 938 g/mol. The third-order valence-electron chi connectivity index (χ3n) is 16.7. The van der Waals surface area contributed by atoms with Crippen molar-refractivity contribution in [3.8, 4) is 22.5 Å². The van der Waals surface area contributed by atoms with Crippen molar-refractivity contribution >= 4 is 0 Å². The van der Waals surface area contributed by atoms with Crippen molar-refractivity contribution in [2.75, 3.05) is 0 Å². The molecule has 4 aromatic rings. The Labute approximate surface area is 424 Å². The van der Waals surface area contributed by atoms with E-state index >= 15 is 0 Å². The van der Waals surface area contributed by atoms with Crippen molar-refractivity contribution in [3.05, 3.63) is 107 Å². The second-order valence-electron chi connectivity index (χ2n) is 22.3. The number of unbranched alkanes of at least 4 members (excludes halogenated alkanes) is 18. The molecule has 0 bridgehead atoms. The molecule has 2 atom stereocenters. The zero-order valence-electron chi connectivity index (χ0n) is 44.9. The first-order chi connectivity index (χ1) is 34.1. The lowest BCUT2D eigenvalue weighted by Gasteiger charge is -2.40. The van der Waals surface area contributed by atoms with E-state index in [1.807, 2.05) is 0 Å². The van der Waals surface area contributed by atoms with E-state index in [0.29, 0.717) is 11.8 Å². The van der Waals surface area contributed by atoms with Crippen LogP contribution in [-0.4, -0.2) is 9.97 Å². The van der Waals surface area contributed by atoms with Crippen molar-refractivity contribution in [2.45, 2.75) is 258 Å². The molecule has 6 rings (SSSR count). The van der Waals surface area contributed by atoms with Gasteiger partial charge in [-0.05, 0) is 109 Å². The molecule has 2 aliphatic carbocycles. The first-order valence-electron chi connectivity index (χ1n) is 29.8. The lowest BCUT2D eigenvalue weighted by atomic mass is 9.74. The minimum absolute atomic E-state index is 0.0828. The Morgan fingerprint density at radius 1 is 0.377 bits per heavy atom. The van der Waals surface area contributed by atoms with Gasteiger partial charge in [0.05, 0.1) is 23.6 Å². The van der Waals surface area contributed by atoms with Crippen LogP contribution < -0.4 is 0 Å². The molecule has 2 fully saturated rings. The predicted molar refractivity (Wildman–Crippen MR) is 298 cm³/mol. The molecule has 2 aromatic carbocycles. The number of rotatable bonds is 34. The molecule has 3 nitrogen and oxygen atoms in total. The quantitative estimate of drug-likeness (QED) is 0.0438. The summed E-state index contributed by atoms with van der Waals surface area (Å²) >= 11 is 0. The van der Waals surface area contributed by atoms with Crippen molar-refractivity contribution in [1.29, 1.82) is 0 Å². The Balaban J connectivity index is 1.18. The highest BCUT2D eigenvalue weighted by Gasteiger charge is 2.36. The van der Waals surface area contributed by atoms with Gasteiger partial charge in [-0.3, -0.25) is 9.97 Å². The normalized spacial score (nSPS) is 19.4. The number of pyridine rings is 2. The summed E-state index contributed by atoms with van der Waals surface area (Å²) in [6, 6.07) is 28.1. The van der Waals surface area contributed by atoms with Gasteiger partial charge in [-0.25, -0.2) is 0 Å². The van der Waals surface area contributed by atoms with Gasteiger partial charge in [-0.15, -0.1) is 0 Å². The Kier molecular flexibility index (Phi) is 26.0. The molecule has 0 amide bonds. The van der Waals surface area contributed by atoms with Crippen molar-refractivity contribution < 1.29 is 4.74 Å². The number of benzene rings is 2. The minimum atomic E-state index is 0.0828. The van der Waals surface area contributed by atoms with Crippen molar-refractivity contribution in [3.63, 3.8) is 0 Å². The maximum absolute atomic E-state index is 7.84. The van der Waals surface area contributed by atoms with Crippen LogP contribution in [0.4, 0.5) is 0 Å². The third kappa shape index (κ3) is 19.3. The van der Waals surface area contributed by atoms with Gasteiger partial charge in [-0.1, -0.05) is 255 Å². The Hall–Kier alpha value is -3.30. The Bertz CT molecular complexity index is 1730. The van der Waals surface area contributed by atoms with Gasteiger partial charge in [0, 0.05) is 23.5 Å². The van der Waals surface area contributed by atoms with Gasteiger partial charge in [0.25, 0.3) is 0 Å². The fraction of sp³-hybridized carbons (Fsp3) is 0.667. The van der Waals surface area contributed by atoms with Gasteiger partial charge in [0.2, 0.25) is 0 Å². The Morgan fingerprint density at radius 3 is 1.04 bits per heavy atom. The second kappa shape index (κ2) is 32.6. The number of nitrogens with zero attached hydrogens (tertiary/aromatic N) is 2. The molecule has 2 aromatic heterocycles. The molecule has 0 spiro atoms. The highest BCUT2D eigenvalue weighted by Crippen LogP contribution is 2.47. The molecule has 0 saturated heterocycles. The van der Waals surface area contributed by atoms with E-state index in [4.69, 9.17) is 14.7 Å². The fourth-order valence-corrected chi connectivity index (χ4v) is 12.1. The van der Waals surface area contributed by atoms with Crippen molar-refractivity contribution in [1.82, 2.24) is 9.97 Å². The van der Waals surface area contributed by atoms with E-state index in [1.54, 1.807) is 0 Å². The van der Waals surface area contributed by atoms with E-state index in [1.165, 1.54) is 239 Å². The van der Waals surface area contributed by atoms with E-state index in [9.17, 15) is 0 Å². The standard InChI is InChI=1S/C66H100N2O/c1-5-9-13-17-19-21-25-29-55-35-49-63(67-51-55)57-41-45-61(46-42-57)65(59-37-31-53(32-38-59)27-23-15-11-7-3)69-66(60-39-33-54(34-40-60)28-24-16-12-8-4)62-47-43-58(44-48-62)64-50-36-56(52-68-64)30-26-22-20-18-14-10-6-2/h35-36,41-54,59-60,65-66H,5-34,37-40H2,1-4H3. The number of aryl methyl sites for hydroxylation is 2. The predicted octanol–water partition coefficient (Wildman–Crippen LogP) is 20.7. The molecule has 0 N–H and O–H groups in total. The van der Waals surface area contributed by atoms with Gasteiger partial charge in [0.1, 0.15) is 0 Å². The maximum Gasteiger partial charge on any atom is 0.0861 e. The number of aromatic nitrogens is 2.